The van der Waals surface area contributed by atoms with Gasteiger partial charge in [-0.3, -0.25) is 0 Å². The van der Waals surface area contributed by atoms with Gasteiger partial charge in [-0.05, 0) is 53.5 Å². The van der Waals surface area contributed by atoms with Gasteiger partial charge in [-0.1, -0.05) is 19.9 Å². The van der Waals surface area contributed by atoms with Crippen molar-refractivity contribution in [2.75, 3.05) is 13.2 Å². The van der Waals surface area contributed by atoms with Crippen LogP contribution in [0.2, 0.25) is 0 Å². The summed E-state index contributed by atoms with van der Waals surface area (Å²) in [6.45, 7) is 7.66. The number of aliphatic hydroxyl groups is 1. The van der Waals surface area contributed by atoms with Gasteiger partial charge in [0.25, 0.3) is 0 Å². The highest BCUT2D eigenvalue weighted by molar-refractivity contribution is 9.10. The molecule has 0 aromatic heterocycles. The van der Waals surface area contributed by atoms with Crippen LogP contribution in [0.5, 0.6) is 0 Å². The molecule has 0 aliphatic heterocycles. The van der Waals surface area contributed by atoms with E-state index in [4.69, 9.17) is 5.11 Å². The maximum atomic E-state index is 8.93. The van der Waals surface area contributed by atoms with Gasteiger partial charge in [-0.2, -0.15) is 0 Å². The minimum Gasteiger partial charge on any atom is -0.396 e. The van der Waals surface area contributed by atoms with Gasteiger partial charge >= 0.3 is 0 Å². The molecule has 0 heterocycles. The molecule has 2 atom stereocenters. The topological polar surface area (TPSA) is 32.3 Å². The number of benzene rings is 1. The van der Waals surface area contributed by atoms with E-state index >= 15 is 0 Å². The second-order valence-electron chi connectivity index (χ2n) is 4.41. The highest BCUT2D eigenvalue weighted by Gasteiger charge is 2.10. The van der Waals surface area contributed by atoms with Gasteiger partial charge < -0.3 is 10.4 Å². The second-order valence-corrected chi connectivity index (χ2v) is 6.74. The number of aliphatic hydroxyl groups excluding tert-OH is 1. The lowest BCUT2D eigenvalue weighted by Gasteiger charge is -2.16. The summed E-state index contributed by atoms with van der Waals surface area (Å²) in [7, 11) is 0. The summed E-state index contributed by atoms with van der Waals surface area (Å²) in [5.41, 5.74) is 1.29. The third kappa shape index (κ3) is 4.92. The monoisotopic (exact) mass is 331 g/mol. The smallest absolute Gasteiger partial charge is 0.0441 e. The molecule has 0 bridgehead atoms. The van der Waals surface area contributed by atoms with E-state index in [0.717, 1.165) is 17.4 Å². The summed E-state index contributed by atoms with van der Waals surface area (Å²) in [5, 5.41) is 12.8. The van der Waals surface area contributed by atoms with Crippen LogP contribution >= 0.6 is 27.7 Å². The molecule has 1 rings (SSSR count). The molecule has 0 spiro atoms. The van der Waals surface area contributed by atoms with Gasteiger partial charge in [0.05, 0.1) is 0 Å². The van der Waals surface area contributed by atoms with E-state index in [-0.39, 0.29) is 6.61 Å². The Kier molecular flexibility index (Phi) is 7.30. The fraction of sp³-hybridized carbons (Fsp3) is 0.571. The lowest BCUT2D eigenvalue weighted by Crippen LogP contribution is -2.17. The van der Waals surface area contributed by atoms with E-state index in [1.54, 1.807) is 11.8 Å². The molecular formula is C14H22BrNOS. The van der Waals surface area contributed by atoms with Crippen LogP contribution in [0.15, 0.2) is 27.6 Å². The standard InChI is InChI=1S/C14H22BrNOS/c1-4-16-11(3)12-5-6-14(13(15)9-12)18-10(2)7-8-17/h5-6,9-11,16-17H,4,7-8H2,1-3H3. The molecule has 2 nitrogen and oxygen atoms in total. The Bertz CT molecular complexity index is 373. The Labute approximate surface area is 123 Å². The Morgan fingerprint density at radius 2 is 2.11 bits per heavy atom. The minimum atomic E-state index is 0.251. The molecule has 4 heteroatoms. The van der Waals surface area contributed by atoms with Crippen molar-refractivity contribution in [3.05, 3.63) is 28.2 Å². The van der Waals surface area contributed by atoms with Crippen LogP contribution in [-0.4, -0.2) is 23.5 Å². The van der Waals surface area contributed by atoms with E-state index in [0.29, 0.717) is 11.3 Å². The maximum absolute atomic E-state index is 8.93. The van der Waals surface area contributed by atoms with Crippen molar-refractivity contribution in [1.82, 2.24) is 5.32 Å². The molecule has 0 amide bonds. The van der Waals surface area contributed by atoms with E-state index in [1.807, 2.05) is 0 Å². The number of nitrogens with one attached hydrogen (secondary N) is 1. The third-order valence-corrected chi connectivity index (χ3v) is 5.00. The summed E-state index contributed by atoms with van der Waals surface area (Å²) in [6.07, 6.45) is 0.826. The minimum absolute atomic E-state index is 0.251. The first-order chi connectivity index (χ1) is 8.58. The summed E-state index contributed by atoms with van der Waals surface area (Å²) in [4.78, 5) is 1.24. The van der Waals surface area contributed by atoms with Crippen molar-refractivity contribution in [3.8, 4) is 0 Å². The Morgan fingerprint density at radius 1 is 1.39 bits per heavy atom. The molecule has 0 saturated carbocycles. The average Bonchev–Trinajstić information content (AvgIpc) is 2.32. The van der Waals surface area contributed by atoms with Gasteiger partial charge in [0.1, 0.15) is 0 Å². The summed E-state index contributed by atoms with van der Waals surface area (Å²) in [5.74, 6) is 0. The predicted molar refractivity (Wildman–Crippen MR) is 83.3 cm³/mol. The van der Waals surface area contributed by atoms with Crippen molar-refractivity contribution in [1.29, 1.82) is 0 Å². The summed E-state index contributed by atoms with van der Waals surface area (Å²) < 4.78 is 1.14. The summed E-state index contributed by atoms with van der Waals surface area (Å²) in [6, 6.07) is 6.89. The number of hydrogen-bond acceptors (Lipinski definition) is 3. The fourth-order valence-electron chi connectivity index (χ4n) is 1.76. The third-order valence-electron chi connectivity index (χ3n) is 2.83. The molecule has 2 unspecified atom stereocenters. The molecule has 1 aromatic rings. The van der Waals surface area contributed by atoms with Gasteiger partial charge in [-0.15, -0.1) is 11.8 Å². The molecule has 2 N–H and O–H groups in total. The van der Waals surface area contributed by atoms with Crippen LogP contribution in [0.3, 0.4) is 0 Å². The average molecular weight is 332 g/mol. The predicted octanol–water partition coefficient (Wildman–Crippen LogP) is 3.98. The quantitative estimate of drug-likeness (QED) is 0.741. The van der Waals surface area contributed by atoms with Crippen LogP contribution in [0.4, 0.5) is 0 Å². The molecule has 0 radical (unpaired) electrons. The Balaban J connectivity index is 2.73. The molecular weight excluding hydrogens is 310 g/mol. The van der Waals surface area contributed by atoms with E-state index in [2.05, 4.69) is 60.2 Å². The van der Waals surface area contributed by atoms with Crippen LogP contribution in [-0.2, 0) is 0 Å². The number of halogens is 1. The largest absolute Gasteiger partial charge is 0.396 e. The van der Waals surface area contributed by atoms with Crippen molar-refractivity contribution < 1.29 is 5.11 Å². The van der Waals surface area contributed by atoms with Gasteiger partial charge in [0.2, 0.25) is 0 Å². The van der Waals surface area contributed by atoms with Crippen molar-refractivity contribution in [2.24, 2.45) is 0 Å². The maximum Gasteiger partial charge on any atom is 0.0441 e. The fourth-order valence-corrected chi connectivity index (χ4v) is 3.42. The van der Waals surface area contributed by atoms with Crippen molar-refractivity contribution in [3.63, 3.8) is 0 Å². The summed E-state index contributed by atoms with van der Waals surface area (Å²) >= 11 is 5.44. The van der Waals surface area contributed by atoms with Crippen LogP contribution in [0.25, 0.3) is 0 Å². The zero-order chi connectivity index (χ0) is 13.5. The van der Waals surface area contributed by atoms with Gasteiger partial charge in [0.15, 0.2) is 0 Å². The van der Waals surface area contributed by atoms with Gasteiger partial charge in [-0.25, -0.2) is 0 Å². The second kappa shape index (κ2) is 8.20. The normalized spacial score (nSPS) is 14.5. The Hall–Kier alpha value is -0.0300. The molecule has 0 saturated heterocycles. The molecule has 0 aliphatic rings. The number of thioether (sulfide) groups is 1. The number of hydrogen-bond donors (Lipinski definition) is 2. The molecule has 0 aliphatic carbocycles. The highest BCUT2D eigenvalue weighted by Crippen LogP contribution is 2.33. The van der Waals surface area contributed by atoms with Crippen LogP contribution in [0, 0.1) is 0 Å². The zero-order valence-corrected chi connectivity index (χ0v) is 13.6. The van der Waals surface area contributed by atoms with E-state index < -0.39 is 0 Å². The van der Waals surface area contributed by atoms with Crippen LogP contribution in [0.1, 0.15) is 38.8 Å². The van der Waals surface area contributed by atoms with Crippen molar-refractivity contribution in [2.45, 2.75) is 43.4 Å². The molecule has 1 aromatic carbocycles. The van der Waals surface area contributed by atoms with Gasteiger partial charge in [0, 0.05) is 27.3 Å². The first-order valence-corrected chi connectivity index (χ1v) is 8.06. The van der Waals surface area contributed by atoms with Crippen molar-refractivity contribution >= 4 is 27.7 Å². The van der Waals surface area contributed by atoms with E-state index in [9.17, 15) is 0 Å². The first-order valence-electron chi connectivity index (χ1n) is 6.38. The Morgan fingerprint density at radius 3 is 2.67 bits per heavy atom. The SMILES string of the molecule is CCNC(C)c1ccc(SC(C)CCO)c(Br)c1. The molecule has 18 heavy (non-hydrogen) atoms. The molecule has 0 fully saturated rings. The highest BCUT2D eigenvalue weighted by atomic mass is 79.9. The molecule has 102 valence electrons. The van der Waals surface area contributed by atoms with E-state index in [1.165, 1.54) is 10.5 Å². The lowest BCUT2D eigenvalue weighted by atomic mass is 10.1. The zero-order valence-electron chi connectivity index (χ0n) is 11.2. The lowest BCUT2D eigenvalue weighted by molar-refractivity contribution is 0.289. The number of rotatable bonds is 7. The van der Waals surface area contributed by atoms with Crippen LogP contribution < -0.4 is 5.32 Å². The first kappa shape index (κ1) is 16.0.